The highest BCUT2D eigenvalue weighted by Crippen LogP contribution is 2.33. The summed E-state index contributed by atoms with van der Waals surface area (Å²) < 4.78 is 24.7. The molecule has 0 aromatic heterocycles. The summed E-state index contributed by atoms with van der Waals surface area (Å²) in [5, 5.41) is 3.27. The average molecular weight is 354 g/mol. The van der Waals surface area contributed by atoms with Gasteiger partial charge in [0.2, 0.25) is 0 Å². The van der Waals surface area contributed by atoms with Gasteiger partial charge in [-0.2, -0.15) is 0 Å². The third-order valence-electron chi connectivity index (χ3n) is 3.21. The minimum atomic E-state index is -0.283. The second-order valence-electron chi connectivity index (χ2n) is 4.60. The number of rotatable bonds is 5. The van der Waals surface area contributed by atoms with E-state index in [-0.39, 0.29) is 11.9 Å². The number of halogens is 2. The van der Waals surface area contributed by atoms with Crippen LogP contribution in [0.15, 0.2) is 40.9 Å². The molecule has 1 N–H and O–H groups in total. The van der Waals surface area contributed by atoms with Crippen molar-refractivity contribution in [1.82, 2.24) is 0 Å². The van der Waals surface area contributed by atoms with Gasteiger partial charge in [0.15, 0.2) is 0 Å². The van der Waals surface area contributed by atoms with Crippen LogP contribution in [0, 0.1) is 5.82 Å². The molecule has 0 aliphatic carbocycles. The monoisotopic (exact) mass is 353 g/mol. The Morgan fingerprint density at radius 3 is 2.52 bits per heavy atom. The van der Waals surface area contributed by atoms with Crippen LogP contribution in [0.5, 0.6) is 11.5 Å². The van der Waals surface area contributed by atoms with Crippen molar-refractivity contribution in [2.24, 2.45) is 0 Å². The van der Waals surface area contributed by atoms with Gasteiger partial charge in [-0.05, 0) is 53.2 Å². The second kappa shape index (κ2) is 6.80. The minimum absolute atomic E-state index is 0.0519. The van der Waals surface area contributed by atoms with Crippen molar-refractivity contribution in [2.75, 3.05) is 19.5 Å². The number of hydrogen-bond acceptors (Lipinski definition) is 3. The van der Waals surface area contributed by atoms with Gasteiger partial charge < -0.3 is 14.8 Å². The molecule has 0 saturated heterocycles. The van der Waals surface area contributed by atoms with Crippen molar-refractivity contribution in [1.29, 1.82) is 0 Å². The van der Waals surface area contributed by atoms with Crippen LogP contribution in [0.4, 0.5) is 10.1 Å². The van der Waals surface area contributed by atoms with Crippen molar-refractivity contribution in [3.05, 3.63) is 52.3 Å². The summed E-state index contributed by atoms with van der Waals surface area (Å²) in [4.78, 5) is 0. The molecule has 0 spiro atoms. The van der Waals surface area contributed by atoms with E-state index in [9.17, 15) is 4.39 Å². The summed E-state index contributed by atoms with van der Waals surface area (Å²) in [5.74, 6) is 1.17. The van der Waals surface area contributed by atoms with Crippen LogP contribution in [-0.2, 0) is 0 Å². The maximum absolute atomic E-state index is 13.3. The molecule has 3 nitrogen and oxygen atoms in total. The maximum atomic E-state index is 13.3. The average Bonchev–Trinajstić information content (AvgIpc) is 2.50. The molecule has 1 unspecified atom stereocenters. The smallest absolute Gasteiger partial charge is 0.127 e. The number of methoxy groups -OCH3 is 2. The predicted octanol–water partition coefficient (Wildman–Crippen LogP) is 4.78. The van der Waals surface area contributed by atoms with Crippen molar-refractivity contribution in [3.8, 4) is 11.5 Å². The topological polar surface area (TPSA) is 30.5 Å². The van der Waals surface area contributed by atoms with Crippen molar-refractivity contribution < 1.29 is 13.9 Å². The van der Waals surface area contributed by atoms with Crippen LogP contribution in [-0.4, -0.2) is 14.2 Å². The predicted molar refractivity (Wildman–Crippen MR) is 85.7 cm³/mol. The first-order chi connectivity index (χ1) is 10.0. The lowest BCUT2D eigenvalue weighted by atomic mass is 10.1. The molecular formula is C16H17BrFNO2. The van der Waals surface area contributed by atoms with E-state index in [0.717, 1.165) is 21.5 Å². The molecule has 0 heterocycles. The van der Waals surface area contributed by atoms with Gasteiger partial charge in [0, 0.05) is 16.1 Å². The Balaban J connectivity index is 2.27. The highest BCUT2D eigenvalue weighted by molar-refractivity contribution is 9.10. The molecule has 0 amide bonds. The van der Waals surface area contributed by atoms with E-state index < -0.39 is 0 Å². The maximum Gasteiger partial charge on any atom is 0.127 e. The lowest BCUT2D eigenvalue weighted by molar-refractivity contribution is 0.390. The molecular weight excluding hydrogens is 337 g/mol. The number of benzene rings is 2. The van der Waals surface area contributed by atoms with Crippen LogP contribution >= 0.6 is 15.9 Å². The molecule has 112 valence electrons. The quantitative estimate of drug-likeness (QED) is 0.838. The SMILES string of the molecule is COc1ccc(C(C)Nc2cc(F)ccc2Br)c(OC)c1. The van der Waals surface area contributed by atoms with Gasteiger partial charge in [-0.3, -0.25) is 0 Å². The van der Waals surface area contributed by atoms with Crippen LogP contribution in [0.3, 0.4) is 0 Å². The fourth-order valence-electron chi connectivity index (χ4n) is 2.10. The highest BCUT2D eigenvalue weighted by atomic mass is 79.9. The van der Waals surface area contributed by atoms with E-state index in [2.05, 4.69) is 21.2 Å². The summed E-state index contributed by atoms with van der Waals surface area (Å²) in [5.41, 5.74) is 1.66. The number of hydrogen-bond donors (Lipinski definition) is 1. The number of nitrogens with one attached hydrogen (secondary N) is 1. The fourth-order valence-corrected chi connectivity index (χ4v) is 2.46. The molecule has 21 heavy (non-hydrogen) atoms. The molecule has 1 atom stereocenters. The normalized spacial score (nSPS) is 11.9. The summed E-state index contributed by atoms with van der Waals surface area (Å²) in [6.45, 7) is 1.99. The van der Waals surface area contributed by atoms with Gasteiger partial charge in [0.25, 0.3) is 0 Å². The van der Waals surface area contributed by atoms with E-state index in [0.29, 0.717) is 5.69 Å². The fraction of sp³-hybridized carbons (Fsp3) is 0.250. The lowest BCUT2D eigenvalue weighted by Gasteiger charge is -2.20. The molecule has 2 aromatic rings. The van der Waals surface area contributed by atoms with Crippen molar-refractivity contribution in [3.63, 3.8) is 0 Å². The number of ether oxygens (including phenoxy) is 2. The Labute approximate surface area is 132 Å². The summed E-state index contributed by atoms with van der Waals surface area (Å²) in [7, 11) is 3.23. The first kappa shape index (κ1) is 15.6. The molecule has 2 rings (SSSR count). The Morgan fingerprint density at radius 1 is 1.10 bits per heavy atom. The zero-order valence-electron chi connectivity index (χ0n) is 12.1. The van der Waals surface area contributed by atoms with Crippen LogP contribution in [0.2, 0.25) is 0 Å². The van der Waals surface area contributed by atoms with E-state index in [1.165, 1.54) is 12.1 Å². The van der Waals surface area contributed by atoms with Crippen LogP contribution < -0.4 is 14.8 Å². The van der Waals surface area contributed by atoms with Gasteiger partial charge in [-0.15, -0.1) is 0 Å². The van der Waals surface area contributed by atoms with Gasteiger partial charge >= 0.3 is 0 Å². The Morgan fingerprint density at radius 2 is 1.86 bits per heavy atom. The zero-order chi connectivity index (χ0) is 15.4. The second-order valence-corrected chi connectivity index (χ2v) is 5.45. The van der Waals surface area contributed by atoms with E-state index in [1.807, 2.05) is 25.1 Å². The van der Waals surface area contributed by atoms with Crippen molar-refractivity contribution >= 4 is 21.6 Å². The van der Waals surface area contributed by atoms with E-state index >= 15 is 0 Å². The van der Waals surface area contributed by atoms with Gasteiger partial charge in [0.05, 0.1) is 25.9 Å². The molecule has 2 aromatic carbocycles. The highest BCUT2D eigenvalue weighted by Gasteiger charge is 2.14. The lowest BCUT2D eigenvalue weighted by Crippen LogP contribution is -2.09. The van der Waals surface area contributed by atoms with Gasteiger partial charge in [-0.1, -0.05) is 0 Å². The molecule has 0 radical (unpaired) electrons. The third kappa shape index (κ3) is 3.67. The Bertz CT molecular complexity index is 634. The Kier molecular flexibility index (Phi) is 5.07. The first-order valence-corrected chi connectivity index (χ1v) is 7.28. The Hall–Kier alpha value is -1.75. The molecule has 0 bridgehead atoms. The summed E-state index contributed by atoms with van der Waals surface area (Å²) in [6, 6.07) is 10.1. The molecule has 5 heteroatoms. The minimum Gasteiger partial charge on any atom is -0.497 e. The standard InChI is InChI=1S/C16H17BrFNO2/c1-10(19-15-8-11(18)4-7-14(15)17)13-6-5-12(20-2)9-16(13)21-3/h4-10,19H,1-3H3. The van der Waals surface area contributed by atoms with Crippen molar-refractivity contribution in [2.45, 2.75) is 13.0 Å². The first-order valence-electron chi connectivity index (χ1n) is 6.48. The van der Waals surface area contributed by atoms with Crippen LogP contribution in [0.1, 0.15) is 18.5 Å². The largest absolute Gasteiger partial charge is 0.497 e. The van der Waals surface area contributed by atoms with E-state index in [1.54, 1.807) is 20.3 Å². The summed E-state index contributed by atoms with van der Waals surface area (Å²) >= 11 is 3.41. The van der Waals surface area contributed by atoms with Crippen LogP contribution in [0.25, 0.3) is 0 Å². The van der Waals surface area contributed by atoms with E-state index in [4.69, 9.17) is 9.47 Å². The summed E-state index contributed by atoms with van der Waals surface area (Å²) in [6.07, 6.45) is 0. The third-order valence-corrected chi connectivity index (χ3v) is 3.90. The van der Waals surface area contributed by atoms with Gasteiger partial charge in [-0.25, -0.2) is 4.39 Å². The molecule has 0 aliphatic heterocycles. The zero-order valence-corrected chi connectivity index (χ0v) is 13.7. The molecule has 0 aliphatic rings. The molecule has 0 saturated carbocycles. The number of anilines is 1. The molecule has 0 fully saturated rings. The van der Waals surface area contributed by atoms with Gasteiger partial charge in [0.1, 0.15) is 17.3 Å².